The van der Waals surface area contributed by atoms with Crippen LogP contribution >= 0.6 is 15.9 Å². The van der Waals surface area contributed by atoms with Gasteiger partial charge in [-0.3, -0.25) is 4.79 Å². The minimum absolute atomic E-state index is 0.193. The van der Waals surface area contributed by atoms with Crippen LogP contribution in [0.5, 0.6) is 0 Å². The highest BCUT2D eigenvalue weighted by molar-refractivity contribution is 9.09. The number of unbranched alkanes of at least 4 members (excludes halogenated alkanes) is 7. The molecule has 0 unspecified atom stereocenters. The monoisotopic (exact) mass is 424 g/mol. The number of hydrogen-bond donors (Lipinski definition) is 0. The maximum atomic E-state index is 12.6. The summed E-state index contributed by atoms with van der Waals surface area (Å²) in [7, 11) is 0. The van der Waals surface area contributed by atoms with Gasteiger partial charge in [0.05, 0.1) is 6.61 Å². The first-order valence-corrected chi connectivity index (χ1v) is 9.49. The fraction of sp³-hybridized carbons (Fsp3) is 0.938. The highest BCUT2D eigenvalue weighted by Crippen LogP contribution is 2.39. The van der Waals surface area contributed by atoms with Gasteiger partial charge in [-0.2, -0.15) is 22.0 Å². The zero-order chi connectivity index (χ0) is 18.5. The maximum absolute atomic E-state index is 12.6. The van der Waals surface area contributed by atoms with Gasteiger partial charge in [0.25, 0.3) is 0 Å². The van der Waals surface area contributed by atoms with Crippen molar-refractivity contribution in [2.24, 2.45) is 0 Å². The van der Waals surface area contributed by atoms with Crippen LogP contribution in [0.3, 0.4) is 0 Å². The molecule has 0 rings (SSSR count). The molecule has 144 valence electrons. The van der Waals surface area contributed by atoms with Gasteiger partial charge in [0, 0.05) is 18.2 Å². The van der Waals surface area contributed by atoms with Crippen molar-refractivity contribution in [3.63, 3.8) is 0 Å². The predicted molar refractivity (Wildman–Crippen MR) is 86.5 cm³/mol. The molecule has 0 amide bonds. The van der Waals surface area contributed by atoms with Crippen molar-refractivity contribution < 1.29 is 31.5 Å². The van der Waals surface area contributed by atoms with E-state index >= 15 is 0 Å². The molecule has 0 bridgehead atoms. The summed E-state index contributed by atoms with van der Waals surface area (Å²) in [6.45, 7) is 0.193. The summed E-state index contributed by atoms with van der Waals surface area (Å²) in [6.07, 6.45) is -0.181. The Kier molecular flexibility index (Phi) is 12.7. The van der Waals surface area contributed by atoms with E-state index in [-0.39, 0.29) is 25.4 Å². The summed E-state index contributed by atoms with van der Waals surface area (Å²) < 4.78 is 66.1. The molecule has 0 fully saturated rings. The molecule has 24 heavy (non-hydrogen) atoms. The van der Waals surface area contributed by atoms with E-state index in [9.17, 15) is 26.7 Å². The van der Waals surface area contributed by atoms with E-state index < -0.39 is 18.5 Å². The molecule has 0 aliphatic rings. The summed E-state index contributed by atoms with van der Waals surface area (Å²) in [6, 6.07) is 0. The lowest BCUT2D eigenvalue weighted by atomic mass is 10.1. The van der Waals surface area contributed by atoms with Crippen LogP contribution in [-0.4, -0.2) is 30.0 Å². The Morgan fingerprint density at radius 1 is 0.792 bits per heavy atom. The van der Waals surface area contributed by atoms with Crippen LogP contribution in [0.4, 0.5) is 22.0 Å². The van der Waals surface area contributed by atoms with Gasteiger partial charge in [0.2, 0.25) is 0 Å². The van der Waals surface area contributed by atoms with Gasteiger partial charge in [-0.25, -0.2) is 0 Å². The predicted octanol–water partition coefficient (Wildman–Crippen LogP) is 6.41. The van der Waals surface area contributed by atoms with Gasteiger partial charge >= 0.3 is 18.1 Å². The van der Waals surface area contributed by atoms with Gasteiger partial charge in [-0.05, 0) is 25.7 Å². The summed E-state index contributed by atoms with van der Waals surface area (Å²) in [5.74, 6) is -4.90. The number of carbonyl (C=O) groups is 1. The van der Waals surface area contributed by atoms with Crippen LogP contribution in [0.25, 0.3) is 0 Å². The van der Waals surface area contributed by atoms with Gasteiger partial charge in [-0.15, -0.1) is 0 Å². The topological polar surface area (TPSA) is 26.3 Å². The van der Waals surface area contributed by atoms with Crippen molar-refractivity contribution in [1.29, 1.82) is 0 Å². The molecule has 0 aromatic carbocycles. The Bertz CT molecular complexity index is 335. The van der Waals surface area contributed by atoms with Gasteiger partial charge in [0.1, 0.15) is 0 Å². The molecule has 0 heterocycles. The Balaban J connectivity index is 3.45. The van der Waals surface area contributed by atoms with Crippen molar-refractivity contribution in [2.75, 3.05) is 11.9 Å². The number of halogens is 6. The minimum atomic E-state index is -5.48. The molecule has 0 N–H and O–H groups in total. The Morgan fingerprint density at radius 3 is 1.96 bits per heavy atom. The van der Waals surface area contributed by atoms with E-state index in [0.717, 1.165) is 37.4 Å². The molecule has 2 nitrogen and oxygen atoms in total. The van der Waals surface area contributed by atoms with Crippen LogP contribution in [0, 0.1) is 0 Å². The summed E-state index contributed by atoms with van der Waals surface area (Å²) in [5.41, 5.74) is 0. The summed E-state index contributed by atoms with van der Waals surface area (Å²) in [4.78, 5) is 11.4. The lowest BCUT2D eigenvalue weighted by Crippen LogP contribution is -2.36. The molecule has 0 radical (unpaired) electrons. The first kappa shape index (κ1) is 23.6. The van der Waals surface area contributed by atoms with E-state index in [1.807, 2.05) is 0 Å². The van der Waals surface area contributed by atoms with Crippen molar-refractivity contribution in [3.8, 4) is 0 Å². The Morgan fingerprint density at radius 2 is 1.33 bits per heavy atom. The average Bonchev–Trinajstić information content (AvgIpc) is 2.48. The third-order valence-electron chi connectivity index (χ3n) is 3.58. The molecule has 0 saturated carbocycles. The largest absolute Gasteiger partial charge is 0.466 e. The van der Waals surface area contributed by atoms with Crippen molar-refractivity contribution in [3.05, 3.63) is 0 Å². The molecule has 0 aromatic heterocycles. The SMILES string of the molecule is O=C(CCCCCCCBr)OCCCCCCC(F)(F)C(F)(F)F. The van der Waals surface area contributed by atoms with Gasteiger partial charge in [-0.1, -0.05) is 48.0 Å². The second kappa shape index (κ2) is 12.9. The zero-order valence-electron chi connectivity index (χ0n) is 13.8. The summed E-state index contributed by atoms with van der Waals surface area (Å²) >= 11 is 3.35. The van der Waals surface area contributed by atoms with E-state index in [0.29, 0.717) is 19.3 Å². The maximum Gasteiger partial charge on any atom is 0.453 e. The van der Waals surface area contributed by atoms with E-state index in [1.54, 1.807) is 0 Å². The van der Waals surface area contributed by atoms with Crippen LogP contribution < -0.4 is 0 Å². The van der Waals surface area contributed by atoms with Crippen molar-refractivity contribution in [2.45, 2.75) is 82.7 Å². The first-order valence-electron chi connectivity index (χ1n) is 8.37. The second-order valence-electron chi connectivity index (χ2n) is 5.79. The molecule has 0 saturated heterocycles. The first-order chi connectivity index (χ1) is 11.2. The van der Waals surface area contributed by atoms with E-state index in [4.69, 9.17) is 4.74 Å². The number of esters is 1. The molecular weight excluding hydrogens is 399 g/mol. The quantitative estimate of drug-likeness (QED) is 0.139. The van der Waals surface area contributed by atoms with Crippen LogP contribution in [-0.2, 0) is 9.53 Å². The van der Waals surface area contributed by atoms with Gasteiger partial charge in [0.15, 0.2) is 0 Å². The van der Waals surface area contributed by atoms with Gasteiger partial charge < -0.3 is 4.74 Å². The molecular formula is C16H26BrF5O2. The zero-order valence-corrected chi connectivity index (χ0v) is 15.4. The van der Waals surface area contributed by atoms with Crippen molar-refractivity contribution in [1.82, 2.24) is 0 Å². The number of carbonyl (C=O) groups excluding carboxylic acids is 1. The van der Waals surface area contributed by atoms with E-state index in [1.165, 1.54) is 0 Å². The van der Waals surface area contributed by atoms with Crippen LogP contribution in [0.1, 0.15) is 70.6 Å². The minimum Gasteiger partial charge on any atom is -0.466 e. The third kappa shape index (κ3) is 12.0. The molecule has 0 atom stereocenters. The highest BCUT2D eigenvalue weighted by Gasteiger charge is 2.56. The standard InChI is InChI=1S/C16H26BrF5O2/c17-12-8-4-1-2-6-10-14(23)24-13-9-5-3-7-11-15(18,19)16(20,21)22/h1-13H2. The Hall–Kier alpha value is -0.400. The molecule has 0 spiro atoms. The fourth-order valence-corrected chi connectivity index (χ4v) is 2.49. The molecule has 0 aromatic rings. The fourth-order valence-electron chi connectivity index (χ4n) is 2.10. The van der Waals surface area contributed by atoms with Crippen LogP contribution in [0.2, 0.25) is 0 Å². The average molecular weight is 425 g/mol. The van der Waals surface area contributed by atoms with Crippen LogP contribution in [0.15, 0.2) is 0 Å². The molecule has 0 aliphatic carbocycles. The second-order valence-corrected chi connectivity index (χ2v) is 6.59. The molecule has 8 heteroatoms. The third-order valence-corrected chi connectivity index (χ3v) is 4.14. The highest BCUT2D eigenvalue weighted by atomic mass is 79.9. The lowest BCUT2D eigenvalue weighted by molar-refractivity contribution is -0.284. The number of ether oxygens (including phenoxy) is 1. The normalized spacial score (nSPS) is 12.4. The summed E-state index contributed by atoms with van der Waals surface area (Å²) in [5, 5.41) is 0.989. The number of alkyl halides is 6. The number of rotatable bonds is 14. The smallest absolute Gasteiger partial charge is 0.453 e. The molecule has 0 aliphatic heterocycles. The van der Waals surface area contributed by atoms with E-state index in [2.05, 4.69) is 15.9 Å². The lowest BCUT2D eigenvalue weighted by Gasteiger charge is -2.19. The van der Waals surface area contributed by atoms with Crippen molar-refractivity contribution >= 4 is 21.9 Å². The Labute approximate surface area is 148 Å². The number of hydrogen-bond acceptors (Lipinski definition) is 2.